The molecule has 0 aromatic heterocycles. The van der Waals surface area contributed by atoms with Gasteiger partial charge in [0.2, 0.25) is 10.0 Å². The van der Waals surface area contributed by atoms with Crippen LogP contribution in [0.25, 0.3) is 0 Å². The van der Waals surface area contributed by atoms with Crippen LogP contribution in [0.15, 0.2) is 23.1 Å². The minimum absolute atomic E-state index is 0.0975. The first kappa shape index (κ1) is 16.4. The van der Waals surface area contributed by atoms with Gasteiger partial charge >= 0.3 is 0 Å². The Morgan fingerprint density at radius 3 is 2.55 bits per heavy atom. The molecule has 0 atom stereocenters. The number of rotatable bonds is 8. The third-order valence-corrected chi connectivity index (χ3v) is 4.28. The molecule has 20 heavy (non-hydrogen) atoms. The minimum atomic E-state index is -3.70. The number of benzene rings is 1. The molecular weight excluding hydrogens is 282 g/mol. The third kappa shape index (κ3) is 4.17. The lowest BCUT2D eigenvalue weighted by molar-refractivity contribution is -0.384. The molecule has 0 aliphatic carbocycles. The summed E-state index contributed by atoms with van der Waals surface area (Å²) in [5, 5.41) is 13.6. The summed E-state index contributed by atoms with van der Waals surface area (Å²) in [5.41, 5.74) is 0.0175. The molecule has 112 valence electrons. The third-order valence-electron chi connectivity index (χ3n) is 2.82. The molecule has 0 amide bonds. The number of sulfonamides is 1. The Kier molecular flexibility index (Phi) is 5.90. The van der Waals surface area contributed by atoms with E-state index in [2.05, 4.69) is 10.0 Å². The average molecular weight is 301 g/mol. The Balaban J connectivity index is 2.95. The smallest absolute Gasteiger partial charge is 0.293 e. The van der Waals surface area contributed by atoms with E-state index in [0.29, 0.717) is 6.54 Å². The maximum atomic E-state index is 12.0. The average Bonchev–Trinajstić information content (AvgIpc) is 2.42. The quantitative estimate of drug-likeness (QED) is 0.435. The molecule has 7 nitrogen and oxygen atoms in total. The lowest BCUT2D eigenvalue weighted by Crippen LogP contribution is -2.24. The lowest BCUT2D eigenvalue weighted by atomic mass is 10.3. The molecule has 0 radical (unpaired) electrons. The molecule has 0 unspecified atom stereocenters. The van der Waals surface area contributed by atoms with Gasteiger partial charge < -0.3 is 5.32 Å². The number of nitrogens with zero attached hydrogens (tertiary/aromatic N) is 1. The van der Waals surface area contributed by atoms with Gasteiger partial charge in [0.15, 0.2) is 0 Å². The number of unbranched alkanes of at least 4 members (excludes halogenated alkanes) is 2. The second-order valence-corrected chi connectivity index (χ2v) is 6.06. The number of anilines is 1. The molecule has 0 bridgehead atoms. The molecule has 0 aliphatic heterocycles. The molecule has 0 fully saturated rings. The van der Waals surface area contributed by atoms with Crippen molar-refractivity contribution in [3.8, 4) is 0 Å². The summed E-state index contributed by atoms with van der Waals surface area (Å²) in [7, 11) is -2.16. The van der Waals surface area contributed by atoms with Gasteiger partial charge in [0, 0.05) is 19.7 Å². The van der Waals surface area contributed by atoms with Gasteiger partial charge in [-0.2, -0.15) is 0 Å². The molecule has 0 spiro atoms. The van der Waals surface area contributed by atoms with Gasteiger partial charge in [-0.3, -0.25) is 10.1 Å². The molecule has 2 N–H and O–H groups in total. The van der Waals surface area contributed by atoms with Crippen LogP contribution < -0.4 is 10.0 Å². The zero-order valence-corrected chi connectivity index (χ0v) is 12.4. The number of nitro groups is 1. The van der Waals surface area contributed by atoms with Crippen LogP contribution in [0.3, 0.4) is 0 Å². The standard InChI is InChI=1S/C12H19N3O4S/c1-3-4-5-8-14-20(18,19)10-6-7-11(13-2)12(9-10)15(16)17/h6-7,9,13-14H,3-5,8H2,1-2H3. The summed E-state index contributed by atoms with van der Waals surface area (Å²) in [5.74, 6) is 0. The zero-order valence-electron chi connectivity index (χ0n) is 11.5. The maximum absolute atomic E-state index is 12.0. The second-order valence-electron chi connectivity index (χ2n) is 4.29. The highest BCUT2D eigenvalue weighted by molar-refractivity contribution is 7.89. The zero-order chi connectivity index (χ0) is 15.2. The molecule has 0 heterocycles. The number of hydrogen-bond donors (Lipinski definition) is 2. The van der Waals surface area contributed by atoms with E-state index < -0.39 is 14.9 Å². The fourth-order valence-corrected chi connectivity index (χ4v) is 2.80. The van der Waals surface area contributed by atoms with Gasteiger partial charge in [0.1, 0.15) is 5.69 Å². The summed E-state index contributed by atoms with van der Waals surface area (Å²) < 4.78 is 26.5. The summed E-state index contributed by atoms with van der Waals surface area (Å²) in [4.78, 5) is 10.2. The molecule has 1 aromatic rings. The second kappa shape index (κ2) is 7.20. The summed E-state index contributed by atoms with van der Waals surface area (Å²) in [6.45, 7) is 2.35. The Labute approximate surface area is 118 Å². The van der Waals surface area contributed by atoms with Crippen molar-refractivity contribution in [3.05, 3.63) is 28.3 Å². The Morgan fingerprint density at radius 1 is 1.30 bits per heavy atom. The molecule has 0 saturated carbocycles. The molecule has 1 rings (SSSR count). The van der Waals surface area contributed by atoms with Crippen molar-refractivity contribution in [3.63, 3.8) is 0 Å². The van der Waals surface area contributed by atoms with Crippen LogP contribution in [-0.4, -0.2) is 26.9 Å². The van der Waals surface area contributed by atoms with Gasteiger partial charge in [-0.25, -0.2) is 13.1 Å². The van der Waals surface area contributed by atoms with Crippen molar-refractivity contribution in [2.75, 3.05) is 18.9 Å². The molecular formula is C12H19N3O4S. The van der Waals surface area contributed by atoms with Crippen molar-refractivity contribution < 1.29 is 13.3 Å². The van der Waals surface area contributed by atoms with Crippen LogP contribution in [0.1, 0.15) is 26.2 Å². The molecule has 0 aliphatic rings. The van der Waals surface area contributed by atoms with Crippen molar-refractivity contribution in [2.24, 2.45) is 0 Å². The van der Waals surface area contributed by atoms with Crippen LogP contribution in [-0.2, 0) is 10.0 Å². The predicted octanol–water partition coefficient (Wildman–Crippen LogP) is 2.10. The van der Waals surface area contributed by atoms with Gasteiger partial charge in [-0.15, -0.1) is 0 Å². The number of hydrogen-bond acceptors (Lipinski definition) is 5. The molecule has 8 heteroatoms. The van der Waals surface area contributed by atoms with E-state index in [9.17, 15) is 18.5 Å². The summed E-state index contributed by atoms with van der Waals surface area (Å²) >= 11 is 0. The van der Waals surface area contributed by atoms with Gasteiger partial charge in [0.05, 0.1) is 9.82 Å². The normalized spacial score (nSPS) is 11.3. The van der Waals surface area contributed by atoms with E-state index >= 15 is 0 Å². The van der Waals surface area contributed by atoms with Gasteiger partial charge in [-0.05, 0) is 18.6 Å². The van der Waals surface area contributed by atoms with Crippen molar-refractivity contribution in [2.45, 2.75) is 31.1 Å². The van der Waals surface area contributed by atoms with Gasteiger partial charge in [-0.1, -0.05) is 19.8 Å². The van der Waals surface area contributed by atoms with Crippen LogP contribution in [0.2, 0.25) is 0 Å². The Morgan fingerprint density at radius 2 is 2.00 bits per heavy atom. The largest absolute Gasteiger partial charge is 0.383 e. The summed E-state index contributed by atoms with van der Waals surface area (Å²) in [6.07, 6.45) is 2.66. The first-order chi connectivity index (χ1) is 9.42. The SMILES string of the molecule is CCCCCNS(=O)(=O)c1ccc(NC)c([N+](=O)[O-])c1. The number of nitrogens with one attached hydrogen (secondary N) is 2. The monoisotopic (exact) mass is 301 g/mol. The van der Waals surface area contributed by atoms with Crippen LogP contribution in [0.4, 0.5) is 11.4 Å². The van der Waals surface area contributed by atoms with E-state index in [1.54, 1.807) is 7.05 Å². The first-order valence-electron chi connectivity index (χ1n) is 6.38. The molecule has 0 saturated heterocycles. The van der Waals surface area contributed by atoms with Crippen LogP contribution in [0, 0.1) is 10.1 Å². The maximum Gasteiger partial charge on any atom is 0.293 e. The Bertz CT molecular complexity index is 572. The van der Waals surface area contributed by atoms with E-state index in [1.165, 1.54) is 12.1 Å². The first-order valence-corrected chi connectivity index (χ1v) is 7.86. The highest BCUT2D eigenvalue weighted by atomic mass is 32.2. The highest BCUT2D eigenvalue weighted by Gasteiger charge is 2.20. The fraction of sp³-hybridized carbons (Fsp3) is 0.500. The van der Waals surface area contributed by atoms with Crippen LogP contribution >= 0.6 is 0 Å². The topological polar surface area (TPSA) is 101 Å². The van der Waals surface area contributed by atoms with Crippen LogP contribution in [0.5, 0.6) is 0 Å². The Hall–Kier alpha value is -1.67. The summed E-state index contributed by atoms with van der Waals surface area (Å²) in [6, 6.07) is 3.80. The highest BCUT2D eigenvalue weighted by Crippen LogP contribution is 2.26. The fourth-order valence-electron chi connectivity index (χ4n) is 1.71. The molecule has 1 aromatic carbocycles. The van der Waals surface area contributed by atoms with Crippen molar-refractivity contribution >= 4 is 21.4 Å². The lowest BCUT2D eigenvalue weighted by Gasteiger charge is -2.08. The predicted molar refractivity (Wildman–Crippen MR) is 77.4 cm³/mol. The van der Waals surface area contributed by atoms with E-state index in [1.807, 2.05) is 6.92 Å². The van der Waals surface area contributed by atoms with E-state index in [4.69, 9.17) is 0 Å². The minimum Gasteiger partial charge on any atom is -0.383 e. The van der Waals surface area contributed by atoms with Crippen molar-refractivity contribution in [1.29, 1.82) is 0 Å². The van der Waals surface area contributed by atoms with E-state index in [0.717, 1.165) is 25.3 Å². The van der Waals surface area contributed by atoms with E-state index in [-0.39, 0.29) is 16.3 Å². The number of nitro benzene ring substituents is 1. The van der Waals surface area contributed by atoms with Gasteiger partial charge in [0.25, 0.3) is 5.69 Å². The van der Waals surface area contributed by atoms with Crippen molar-refractivity contribution in [1.82, 2.24) is 4.72 Å².